The fourth-order valence-corrected chi connectivity index (χ4v) is 3.39. The van der Waals surface area contributed by atoms with Gasteiger partial charge in [0, 0.05) is 18.7 Å². The van der Waals surface area contributed by atoms with Crippen LogP contribution >= 0.6 is 0 Å². The molecule has 3 rings (SSSR count). The Hall–Kier alpha value is -3.43. The Bertz CT molecular complexity index is 868. The molecular weight excluding hydrogens is 380 g/mol. The van der Waals surface area contributed by atoms with Crippen LogP contribution in [0.3, 0.4) is 0 Å². The molecule has 1 atom stereocenters. The van der Waals surface area contributed by atoms with E-state index in [-0.39, 0.29) is 30.6 Å². The molecule has 10 heteroatoms. The van der Waals surface area contributed by atoms with Crippen LogP contribution in [0.4, 0.5) is 10.5 Å². The Morgan fingerprint density at radius 3 is 2.62 bits per heavy atom. The third-order valence-electron chi connectivity index (χ3n) is 4.83. The Kier molecular flexibility index (Phi) is 6.10. The molecule has 2 aliphatic rings. The fourth-order valence-electron chi connectivity index (χ4n) is 3.39. The maximum atomic E-state index is 12.7. The van der Waals surface area contributed by atoms with E-state index in [1.54, 1.807) is 18.2 Å². The van der Waals surface area contributed by atoms with Crippen LogP contribution in [-0.4, -0.2) is 53.8 Å². The van der Waals surface area contributed by atoms with Gasteiger partial charge in [-0.25, -0.2) is 4.79 Å². The van der Waals surface area contributed by atoms with Crippen LogP contribution in [0, 0.1) is 0 Å². The van der Waals surface area contributed by atoms with Crippen LogP contribution in [0.2, 0.25) is 0 Å². The predicted molar refractivity (Wildman–Crippen MR) is 101 cm³/mol. The zero-order chi connectivity index (χ0) is 21.0. The average Bonchev–Trinajstić information content (AvgIpc) is 2.91. The lowest BCUT2D eigenvalue weighted by molar-refractivity contribution is -0.136. The molecule has 0 aromatic heterocycles. The van der Waals surface area contributed by atoms with E-state index in [9.17, 15) is 24.0 Å². The monoisotopic (exact) mass is 402 g/mol. The van der Waals surface area contributed by atoms with Gasteiger partial charge in [0.2, 0.25) is 11.8 Å². The third kappa shape index (κ3) is 4.53. The van der Waals surface area contributed by atoms with E-state index in [0.717, 1.165) is 17.7 Å². The Labute approximate surface area is 166 Å². The minimum absolute atomic E-state index is 0.0844. The predicted octanol–water partition coefficient (Wildman–Crippen LogP) is 0.765. The lowest BCUT2D eigenvalue weighted by Crippen LogP contribution is -2.54. The molecular formula is C19H22N4O6. The zero-order valence-corrected chi connectivity index (χ0v) is 15.7. The summed E-state index contributed by atoms with van der Waals surface area (Å²) in [5, 5.41) is 5.35. The number of carbonyl (C=O) groups excluding carboxylic acids is 5. The fraction of sp³-hybridized carbons (Fsp3) is 0.421. The van der Waals surface area contributed by atoms with Gasteiger partial charge in [0.25, 0.3) is 11.8 Å². The van der Waals surface area contributed by atoms with Crippen molar-refractivity contribution in [3.63, 3.8) is 0 Å². The molecule has 1 aromatic rings. The van der Waals surface area contributed by atoms with Gasteiger partial charge in [-0.2, -0.15) is 0 Å². The topological polar surface area (TPSA) is 148 Å². The Morgan fingerprint density at radius 1 is 1.14 bits per heavy atom. The van der Waals surface area contributed by atoms with Crippen molar-refractivity contribution in [2.45, 2.75) is 38.1 Å². The lowest BCUT2D eigenvalue weighted by Gasteiger charge is -2.27. The van der Waals surface area contributed by atoms with Gasteiger partial charge in [0.05, 0.1) is 17.7 Å². The van der Waals surface area contributed by atoms with E-state index < -0.39 is 35.8 Å². The number of nitrogens with two attached hydrogens (primary N) is 1. The van der Waals surface area contributed by atoms with Crippen molar-refractivity contribution in [2.75, 3.05) is 18.5 Å². The summed E-state index contributed by atoms with van der Waals surface area (Å²) in [5.74, 6) is -2.10. The van der Waals surface area contributed by atoms with Gasteiger partial charge in [0.1, 0.15) is 6.04 Å². The number of nitrogens with zero attached hydrogens (tertiary/aromatic N) is 1. The highest BCUT2D eigenvalue weighted by Crippen LogP contribution is 2.29. The first-order chi connectivity index (χ1) is 13.9. The molecule has 0 bridgehead atoms. The first-order valence-corrected chi connectivity index (χ1v) is 9.40. The number of carbonyl (C=O) groups is 5. The van der Waals surface area contributed by atoms with Gasteiger partial charge >= 0.3 is 6.09 Å². The first kappa shape index (κ1) is 20.3. The summed E-state index contributed by atoms with van der Waals surface area (Å²) in [4.78, 5) is 60.2. The summed E-state index contributed by atoms with van der Waals surface area (Å²) in [6.45, 7) is 0.912. The molecule has 0 radical (unpaired) electrons. The van der Waals surface area contributed by atoms with Crippen LogP contribution in [0.1, 0.15) is 52.8 Å². The lowest BCUT2D eigenvalue weighted by atomic mass is 10.0. The van der Waals surface area contributed by atoms with Gasteiger partial charge < -0.3 is 15.8 Å². The summed E-state index contributed by atoms with van der Waals surface area (Å²) >= 11 is 0. The van der Waals surface area contributed by atoms with E-state index in [4.69, 9.17) is 5.73 Å². The number of hydrogen-bond donors (Lipinski definition) is 3. The van der Waals surface area contributed by atoms with E-state index in [2.05, 4.69) is 15.4 Å². The van der Waals surface area contributed by atoms with E-state index >= 15 is 0 Å². The number of anilines is 1. The summed E-state index contributed by atoms with van der Waals surface area (Å²) in [7, 11) is 0. The molecule has 154 valence electrons. The number of rotatable bonds is 8. The summed E-state index contributed by atoms with van der Waals surface area (Å²) < 4.78 is 4.65. The van der Waals surface area contributed by atoms with Crippen molar-refractivity contribution in [1.29, 1.82) is 0 Å². The van der Waals surface area contributed by atoms with Crippen molar-refractivity contribution in [3.8, 4) is 0 Å². The number of primary amides is 1. The van der Waals surface area contributed by atoms with Gasteiger partial charge in [0.15, 0.2) is 0 Å². The molecule has 1 fully saturated rings. The number of benzene rings is 1. The number of unbranched alkanes of at least 4 members (excludes halogenated alkanes) is 2. The molecule has 2 heterocycles. The van der Waals surface area contributed by atoms with Crippen molar-refractivity contribution in [3.05, 3.63) is 29.3 Å². The quantitative estimate of drug-likeness (QED) is 0.429. The van der Waals surface area contributed by atoms with Crippen LogP contribution < -0.4 is 16.4 Å². The molecule has 4 N–H and O–H groups in total. The second kappa shape index (κ2) is 8.72. The van der Waals surface area contributed by atoms with E-state index in [0.29, 0.717) is 18.7 Å². The van der Waals surface area contributed by atoms with Gasteiger partial charge in [-0.15, -0.1) is 0 Å². The molecule has 0 spiro atoms. The number of ether oxygens (including phenoxy) is 1. The Balaban J connectivity index is 1.57. The molecule has 0 saturated carbocycles. The van der Waals surface area contributed by atoms with Crippen molar-refractivity contribution < 1.29 is 28.7 Å². The number of nitrogens with one attached hydrogen (secondary N) is 2. The maximum Gasteiger partial charge on any atom is 0.404 e. The van der Waals surface area contributed by atoms with Crippen LogP contribution in [0.5, 0.6) is 0 Å². The highest BCUT2D eigenvalue weighted by Gasteiger charge is 2.44. The van der Waals surface area contributed by atoms with Crippen LogP contribution in [0.15, 0.2) is 18.2 Å². The summed E-state index contributed by atoms with van der Waals surface area (Å²) in [6.07, 6.45) is 1.76. The normalized spacial score (nSPS) is 18.5. The number of hydrogen-bond acceptors (Lipinski definition) is 7. The number of fused-ring (bicyclic) bond motifs is 1. The largest absolute Gasteiger partial charge is 0.450 e. The van der Waals surface area contributed by atoms with Gasteiger partial charge in [-0.1, -0.05) is 0 Å². The number of piperidine rings is 1. The average molecular weight is 402 g/mol. The summed E-state index contributed by atoms with van der Waals surface area (Å²) in [5.41, 5.74) is 6.04. The second-order valence-electron chi connectivity index (χ2n) is 6.86. The molecule has 0 aliphatic carbocycles. The van der Waals surface area contributed by atoms with Gasteiger partial charge in [-0.05, 0) is 43.9 Å². The highest BCUT2D eigenvalue weighted by molar-refractivity contribution is 6.23. The molecule has 2 aliphatic heterocycles. The third-order valence-corrected chi connectivity index (χ3v) is 4.83. The van der Waals surface area contributed by atoms with E-state index in [1.807, 2.05) is 0 Å². The molecule has 29 heavy (non-hydrogen) atoms. The minimum Gasteiger partial charge on any atom is -0.450 e. The van der Waals surface area contributed by atoms with Gasteiger partial charge in [-0.3, -0.25) is 29.4 Å². The second-order valence-corrected chi connectivity index (χ2v) is 6.86. The molecule has 1 aromatic carbocycles. The molecule has 1 unspecified atom stereocenters. The molecule has 5 amide bonds. The summed E-state index contributed by atoms with van der Waals surface area (Å²) in [6, 6.07) is 3.88. The van der Waals surface area contributed by atoms with Crippen molar-refractivity contribution in [2.24, 2.45) is 5.73 Å². The van der Waals surface area contributed by atoms with Crippen molar-refractivity contribution >= 4 is 35.4 Å². The van der Waals surface area contributed by atoms with Crippen LogP contribution in [-0.2, 0) is 14.3 Å². The molecule has 10 nitrogen and oxygen atoms in total. The zero-order valence-electron chi connectivity index (χ0n) is 15.7. The van der Waals surface area contributed by atoms with Crippen molar-refractivity contribution in [1.82, 2.24) is 10.2 Å². The maximum absolute atomic E-state index is 12.7. The SMILES string of the molecule is NC(=O)OCCCCCNc1ccc2c(c1)C(=O)N(C1CCC(=O)NC1=O)C2=O. The number of amides is 5. The standard InChI is InChI=1S/C19H22N4O6/c20-19(28)29-9-3-1-2-8-21-11-4-5-12-13(10-11)18(27)23(17(12)26)14-6-7-15(24)22-16(14)25/h4-5,10,14,21H,1-3,6-9H2,(H2,20,28)(H,22,24,25). The minimum atomic E-state index is -0.973. The smallest absolute Gasteiger partial charge is 0.404 e. The molecule has 1 saturated heterocycles. The first-order valence-electron chi connectivity index (χ1n) is 9.40. The Morgan fingerprint density at radius 2 is 1.90 bits per heavy atom. The highest BCUT2D eigenvalue weighted by atomic mass is 16.5. The number of imide groups is 2. The van der Waals surface area contributed by atoms with Crippen LogP contribution in [0.25, 0.3) is 0 Å². The van der Waals surface area contributed by atoms with E-state index in [1.165, 1.54) is 0 Å².